The summed E-state index contributed by atoms with van der Waals surface area (Å²) in [6.07, 6.45) is 1.05. The van der Waals surface area contributed by atoms with Crippen molar-refractivity contribution in [2.24, 2.45) is 0 Å². The molecule has 1 amide bonds. The van der Waals surface area contributed by atoms with E-state index in [0.29, 0.717) is 5.02 Å². The Morgan fingerprint density at radius 1 is 1.33 bits per heavy atom. The number of benzene rings is 1. The van der Waals surface area contributed by atoms with Gasteiger partial charge in [0.2, 0.25) is 5.91 Å². The molecule has 1 N–H and O–H groups in total. The van der Waals surface area contributed by atoms with Crippen LogP contribution in [-0.2, 0) is 14.6 Å². The first-order valence-corrected chi connectivity index (χ1v) is 8.85. The second-order valence-electron chi connectivity index (χ2n) is 5.22. The van der Waals surface area contributed by atoms with Crippen molar-refractivity contribution in [3.63, 3.8) is 0 Å². The predicted molar refractivity (Wildman–Crippen MR) is 85.2 cm³/mol. The molecule has 0 radical (unpaired) electrons. The molecule has 1 rings (SSSR count). The van der Waals surface area contributed by atoms with Gasteiger partial charge < -0.3 is 10.2 Å². The highest BCUT2D eigenvalue weighted by Crippen LogP contribution is 2.25. The molecule has 2 atom stereocenters. The number of likely N-dealkylation sites (N-methyl/N-ethyl adjacent to an activating group) is 1. The van der Waals surface area contributed by atoms with Crippen LogP contribution in [-0.4, -0.2) is 51.4 Å². The Kier molecular flexibility index (Phi) is 6.19. The molecule has 118 valence electrons. The van der Waals surface area contributed by atoms with Crippen molar-refractivity contribution in [2.75, 3.05) is 26.9 Å². The molecular weight excluding hydrogens is 312 g/mol. The van der Waals surface area contributed by atoms with Gasteiger partial charge in [0.1, 0.15) is 5.25 Å². The van der Waals surface area contributed by atoms with Crippen molar-refractivity contribution >= 4 is 27.3 Å². The van der Waals surface area contributed by atoms with Gasteiger partial charge in [0, 0.05) is 17.8 Å². The Morgan fingerprint density at radius 2 is 1.90 bits per heavy atom. The maximum Gasteiger partial charge on any atom is 0.238 e. The maximum atomic E-state index is 11.9. The molecule has 0 aliphatic rings. The number of halogens is 1. The Balaban J connectivity index is 2.83. The number of sulfone groups is 1. The summed E-state index contributed by atoms with van der Waals surface area (Å²) in [4.78, 5) is 13.8. The number of hydrogen-bond acceptors (Lipinski definition) is 4. The molecule has 0 aromatic heterocycles. The summed E-state index contributed by atoms with van der Waals surface area (Å²) in [7, 11) is 0.356. The van der Waals surface area contributed by atoms with Crippen LogP contribution in [0.15, 0.2) is 24.3 Å². The van der Waals surface area contributed by atoms with Gasteiger partial charge in [-0.2, -0.15) is 0 Å². The Hall–Kier alpha value is -1.11. The van der Waals surface area contributed by atoms with Crippen LogP contribution in [0.3, 0.4) is 0 Å². The number of carbonyl (C=O) groups excluding carboxylic acids is 1. The minimum atomic E-state index is -3.39. The summed E-state index contributed by atoms with van der Waals surface area (Å²) >= 11 is 6.18. The number of hydrogen-bond donors (Lipinski definition) is 1. The van der Waals surface area contributed by atoms with E-state index in [4.69, 9.17) is 11.6 Å². The summed E-state index contributed by atoms with van der Waals surface area (Å²) in [5, 5.41) is 2.23. The standard InChI is InChI=1S/C14H21ClN2O3S/c1-10(21(4,19)20)14(18)16-9-13(17(2)3)11-7-5-6-8-12(11)15/h5-8,10,13H,9H2,1-4H3,(H,16,18). The predicted octanol–water partition coefficient (Wildman–Crippen LogP) is 1.49. The molecule has 0 heterocycles. The average molecular weight is 333 g/mol. The van der Waals surface area contributed by atoms with Gasteiger partial charge in [0.25, 0.3) is 0 Å². The van der Waals surface area contributed by atoms with Crippen LogP contribution < -0.4 is 5.32 Å². The molecule has 5 nitrogen and oxygen atoms in total. The highest BCUT2D eigenvalue weighted by atomic mass is 35.5. The fourth-order valence-corrected chi connectivity index (χ4v) is 2.59. The first-order valence-electron chi connectivity index (χ1n) is 6.52. The molecule has 2 unspecified atom stereocenters. The van der Waals surface area contributed by atoms with Crippen LogP contribution in [0.2, 0.25) is 5.02 Å². The van der Waals surface area contributed by atoms with E-state index in [1.807, 2.05) is 37.2 Å². The molecule has 0 bridgehead atoms. The van der Waals surface area contributed by atoms with Gasteiger partial charge in [-0.15, -0.1) is 0 Å². The van der Waals surface area contributed by atoms with Gasteiger partial charge in [0.05, 0.1) is 6.04 Å². The molecule has 1 aromatic rings. The lowest BCUT2D eigenvalue weighted by Crippen LogP contribution is -2.41. The van der Waals surface area contributed by atoms with Crippen molar-refractivity contribution in [3.05, 3.63) is 34.9 Å². The zero-order chi connectivity index (χ0) is 16.2. The smallest absolute Gasteiger partial charge is 0.238 e. The lowest BCUT2D eigenvalue weighted by atomic mass is 10.1. The number of nitrogens with one attached hydrogen (secondary N) is 1. The maximum absolute atomic E-state index is 11.9. The lowest BCUT2D eigenvalue weighted by molar-refractivity contribution is -0.120. The molecule has 0 aliphatic carbocycles. The number of rotatable bonds is 6. The van der Waals surface area contributed by atoms with E-state index in [0.717, 1.165) is 11.8 Å². The van der Waals surface area contributed by atoms with Crippen LogP contribution in [0, 0.1) is 0 Å². The van der Waals surface area contributed by atoms with E-state index in [-0.39, 0.29) is 12.6 Å². The molecule has 0 saturated heterocycles. The Bertz CT molecular complexity index is 602. The SMILES string of the molecule is CC(C(=O)NCC(c1ccccc1Cl)N(C)C)S(C)(=O)=O. The van der Waals surface area contributed by atoms with Crippen molar-refractivity contribution in [3.8, 4) is 0 Å². The summed E-state index contributed by atoms with van der Waals surface area (Å²) in [6.45, 7) is 1.67. The lowest BCUT2D eigenvalue weighted by Gasteiger charge is -2.26. The molecule has 7 heteroatoms. The van der Waals surface area contributed by atoms with Gasteiger partial charge in [-0.3, -0.25) is 4.79 Å². The van der Waals surface area contributed by atoms with Crippen LogP contribution in [0.1, 0.15) is 18.5 Å². The molecule has 0 aliphatic heterocycles. The van der Waals surface area contributed by atoms with Crippen LogP contribution >= 0.6 is 11.6 Å². The zero-order valence-corrected chi connectivity index (χ0v) is 14.2. The van der Waals surface area contributed by atoms with Crippen molar-refractivity contribution < 1.29 is 13.2 Å². The van der Waals surface area contributed by atoms with Crippen LogP contribution in [0.4, 0.5) is 0 Å². The third-order valence-electron chi connectivity index (χ3n) is 3.37. The molecule has 1 aromatic carbocycles. The van der Waals surface area contributed by atoms with E-state index >= 15 is 0 Å². The molecule has 0 fully saturated rings. The molecule has 21 heavy (non-hydrogen) atoms. The summed E-state index contributed by atoms with van der Waals surface area (Å²) < 4.78 is 22.8. The van der Waals surface area contributed by atoms with Crippen molar-refractivity contribution in [2.45, 2.75) is 18.2 Å². The van der Waals surface area contributed by atoms with Crippen molar-refractivity contribution in [1.82, 2.24) is 10.2 Å². The highest BCUT2D eigenvalue weighted by Gasteiger charge is 2.25. The molecule has 0 saturated carbocycles. The summed E-state index contributed by atoms with van der Waals surface area (Å²) in [5.41, 5.74) is 0.886. The summed E-state index contributed by atoms with van der Waals surface area (Å²) in [6, 6.07) is 7.25. The zero-order valence-electron chi connectivity index (χ0n) is 12.6. The second-order valence-corrected chi connectivity index (χ2v) is 7.99. The minimum Gasteiger partial charge on any atom is -0.353 e. The van der Waals surface area contributed by atoms with E-state index in [1.54, 1.807) is 6.07 Å². The topological polar surface area (TPSA) is 66.5 Å². The second kappa shape index (κ2) is 7.24. The largest absolute Gasteiger partial charge is 0.353 e. The van der Waals surface area contributed by atoms with E-state index in [2.05, 4.69) is 5.32 Å². The number of carbonyl (C=O) groups is 1. The highest BCUT2D eigenvalue weighted by molar-refractivity contribution is 7.92. The van der Waals surface area contributed by atoms with E-state index < -0.39 is 21.0 Å². The monoisotopic (exact) mass is 332 g/mol. The third-order valence-corrected chi connectivity index (χ3v) is 5.21. The van der Waals surface area contributed by atoms with Gasteiger partial charge in [0.15, 0.2) is 9.84 Å². The van der Waals surface area contributed by atoms with Crippen molar-refractivity contribution in [1.29, 1.82) is 0 Å². The normalized spacial score (nSPS) is 14.8. The molecule has 0 spiro atoms. The van der Waals surface area contributed by atoms with Crippen LogP contribution in [0.5, 0.6) is 0 Å². The van der Waals surface area contributed by atoms with Crippen LogP contribution in [0.25, 0.3) is 0 Å². The van der Waals surface area contributed by atoms with Gasteiger partial charge >= 0.3 is 0 Å². The Labute approximate surface area is 131 Å². The van der Waals surface area contributed by atoms with E-state index in [1.165, 1.54) is 6.92 Å². The van der Waals surface area contributed by atoms with Gasteiger partial charge in [-0.25, -0.2) is 8.42 Å². The summed E-state index contributed by atoms with van der Waals surface area (Å²) in [5.74, 6) is -0.503. The van der Waals surface area contributed by atoms with Gasteiger partial charge in [-0.1, -0.05) is 29.8 Å². The van der Waals surface area contributed by atoms with E-state index in [9.17, 15) is 13.2 Å². The first-order chi connectivity index (χ1) is 9.64. The third kappa shape index (κ3) is 4.98. The molecular formula is C14H21ClN2O3S. The quantitative estimate of drug-likeness (QED) is 0.857. The fraction of sp³-hybridized carbons (Fsp3) is 0.500. The number of nitrogens with zero attached hydrogens (tertiary/aromatic N) is 1. The average Bonchev–Trinajstić information content (AvgIpc) is 2.38. The Morgan fingerprint density at radius 3 is 2.38 bits per heavy atom. The fourth-order valence-electron chi connectivity index (χ4n) is 1.85. The number of amides is 1. The van der Waals surface area contributed by atoms with Gasteiger partial charge in [-0.05, 0) is 32.6 Å². The first kappa shape index (κ1) is 17.9. The minimum absolute atomic E-state index is 0.130.